The van der Waals surface area contributed by atoms with E-state index in [2.05, 4.69) is 39.0 Å². The molecule has 8 nitrogen and oxygen atoms in total. The third kappa shape index (κ3) is 5.29. The standard InChI is InChI=1S/C21H26N6O2S/c1-13(2)12-23-20(29)24-19(28)14(3)30-21-26-25-18(27(21)22)11-16-9-6-8-15-7-4-5-10-17(15)16/h4-10,13-14H,11-12,22H2,1-3H3,(H2,23,24,28,29). The van der Waals surface area contributed by atoms with Crippen LogP contribution in [-0.4, -0.2) is 38.6 Å². The second-order valence-corrected chi connectivity index (χ2v) is 8.75. The zero-order valence-electron chi connectivity index (χ0n) is 17.3. The second-order valence-electron chi connectivity index (χ2n) is 7.44. The van der Waals surface area contributed by atoms with Crippen LogP contribution in [0.2, 0.25) is 0 Å². The van der Waals surface area contributed by atoms with E-state index in [0.29, 0.717) is 29.9 Å². The fourth-order valence-corrected chi connectivity index (χ4v) is 3.68. The van der Waals surface area contributed by atoms with Crippen molar-refractivity contribution < 1.29 is 9.59 Å². The summed E-state index contributed by atoms with van der Waals surface area (Å²) in [6.07, 6.45) is 0.517. The molecule has 3 rings (SSSR count). The summed E-state index contributed by atoms with van der Waals surface area (Å²) < 4.78 is 1.40. The highest BCUT2D eigenvalue weighted by Crippen LogP contribution is 2.24. The molecule has 1 aromatic heterocycles. The highest BCUT2D eigenvalue weighted by atomic mass is 32.2. The molecule has 0 spiro atoms. The van der Waals surface area contributed by atoms with E-state index in [9.17, 15) is 9.59 Å². The van der Waals surface area contributed by atoms with Gasteiger partial charge in [0, 0.05) is 13.0 Å². The van der Waals surface area contributed by atoms with Crippen LogP contribution >= 0.6 is 11.8 Å². The van der Waals surface area contributed by atoms with Gasteiger partial charge in [0.1, 0.15) is 0 Å². The van der Waals surface area contributed by atoms with Gasteiger partial charge in [-0.2, -0.15) is 0 Å². The third-order valence-electron chi connectivity index (χ3n) is 4.52. The van der Waals surface area contributed by atoms with Crippen LogP contribution in [0.4, 0.5) is 4.79 Å². The lowest BCUT2D eigenvalue weighted by Gasteiger charge is -2.12. The van der Waals surface area contributed by atoms with Gasteiger partial charge in [-0.05, 0) is 29.2 Å². The first kappa shape index (κ1) is 21.6. The molecule has 1 atom stereocenters. The van der Waals surface area contributed by atoms with Gasteiger partial charge in [-0.15, -0.1) is 10.2 Å². The first-order valence-electron chi connectivity index (χ1n) is 9.76. The number of nitrogens with one attached hydrogen (secondary N) is 2. The van der Waals surface area contributed by atoms with E-state index in [1.807, 2.05) is 38.1 Å². The van der Waals surface area contributed by atoms with Crippen molar-refractivity contribution in [3.05, 3.63) is 53.9 Å². The van der Waals surface area contributed by atoms with Crippen LogP contribution in [0.15, 0.2) is 47.6 Å². The summed E-state index contributed by atoms with van der Waals surface area (Å²) in [5.41, 5.74) is 1.09. The van der Waals surface area contributed by atoms with Crippen molar-refractivity contribution in [2.24, 2.45) is 5.92 Å². The number of fused-ring (bicyclic) bond motifs is 1. The lowest BCUT2D eigenvalue weighted by atomic mass is 10.0. The first-order chi connectivity index (χ1) is 14.3. The molecule has 30 heavy (non-hydrogen) atoms. The molecule has 158 valence electrons. The van der Waals surface area contributed by atoms with E-state index in [0.717, 1.165) is 28.1 Å². The minimum absolute atomic E-state index is 0.300. The van der Waals surface area contributed by atoms with Crippen LogP contribution in [0, 0.1) is 5.92 Å². The predicted octanol–water partition coefficient (Wildman–Crippen LogP) is 2.70. The average molecular weight is 427 g/mol. The number of urea groups is 1. The van der Waals surface area contributed by atoms with E-state index in [1.165, 1.54) is 4.68 Å². The zero-order chi connectivity index (χ0) is 21.7. The number of amides is 3. The lowest BCUT2D eigenvalue weighted by molar-refractivity contribution is -0.119. The highest BCUT2D eigenvalue weighted by Gasteiger charge is 2.21. The molecule has 1 unspecified atom stereocenters. The Morgan fingerprint density at radius 1 is 1.10 bits per heavy atom. The maximum absolute atomic E-state index is 12.3. The summed E-state index contributed by atoms with van der Waals surface area (Å²) in [5.74, 6) is 6.66. The molecule has 0 bridgehead atoms. The molecular weight excluding hydrogens is 400 g/mol. The second kappa shape index (κ2) is 9.62. The minimum atomic E-state index is -0.563. The quantitative estimate of drug-likeness (QED) is 0.395. The van der Waals surface area contributed by atoms with Crippen molar-refractivity contribution in [1.82, 2.24) is 25.5 Å². The monoisotopic (exact) mass is 426 g/mol. The number of thioether (sulfide) groups is 1. The predicted molar refractivity (Wildman–Crippen MR) is 119 cm³/mol. The summed E-state index contributed by atoms with van der Waals surface area (Å²) in [6, 6.07) is 13.7. The Hall–Kier alpha value is -3.07. The molecule has 0 radical (unpaired) electrons. The molecule has 3 amide bonds. The maximum Gasteiger partial charge on any atom is 0.321 e. The molecule has 2 aromatic carbocycles. The van der Waals surface area contributed by atoms with Crippen molar-refractivity contribution in [3.8, 4) is 0 Å². The Bertz CT molecular complexity index is 1040. The number of rotatable bonds is 7. The fraction of sp³-hybridized carbons (Fsp3) is 0.333. The van der Waals surface area contributed by atoms with Crippen molar-refractivity contribution in [1.29, 1.82) is 0 Å². The fourth-order valence-electron chi connectivity index (χ4n) is 2.89. The number of nitrogen functional groups attached to an aromatic ring is 1. The van der Waals surface area contributed by atoms with Crippen molar-refractivity contribution in [2.75, 3.05) is 12.4 Å². The molecule has 0 fully saturated rings. The molecule has 0 saturated heterocycles. The Morgan fingerprint density at radius 3 is 2.60 bits per heavy atom. The van der Waals surface area contributed by atoms with Crippen LogP contribution in [0.25, 0.3) is 10.8 Å². The summed E-state index contributed by atoms with van der Waals surface area (Å²) in [4.78, 5) is 24.1. The highest BCUT2D eigenvalue weighted by molar-refractivity contribution is 8.00. The molecule has 0 aliphatic rings. The first-order valence-corrected chi connectivity index (χ1v) is 10.6. The molecule has 0 saturated carbocycles. The zero-order valence-corrected chi connectivity index (χ0v) is 18.1. The Labute approximate surface area is 179 Å². The summed E-state index contributed by atoms with van der Waals surface area (Å²) in [7, 11) is 0. The molecule has 3 aromatic rings. The molecular formula is C21H26N6O2S. The molecule has 1 heterocycles. The van der Waals surface area contributed by atoms with Crippen LogP contribution in [-0.2, 0) is 11.2 Å². The Balaban J connectivity index is 1.65. The summed E-state index contributed by atoms with van der Waals surface area (Å²) in [5, 5.41) is 15.4. The third-order valence-corrected chi connectivity index (χ3v) is 5.58. The number of imide groups is 1. The van der Waals surface area contributed by atoms with Crippen molar-refractivity contribution in [2.45, 2.75) is 37.6 Å². The number of carbonyl (C=O) groups excluding carboxylic acids is 2. The van der Waals surface area contributed by atoms with Gasteiger partial charge in [-0.25, -0.2) is 9.47 Å². The van der Waals surface area contributed by atoms with E-state index in [-0.39, 0.29) is 0 Å². The molecule has 0 aliphatic carbocycles. The van der Waals surface area contributed by atoms with Gasteiger partial charge in [-0.3, -0.25) is 10.1 Å². The number of hydrogen-bond donors (Lipinski definition) is 3. The van der Waals surface area contributed by atoms with Crippen molar-refractivity contribution >= 4 is 34.5 Å². The van der Waals surface area contributed by atoms with Gasteiger partial charge in [0.2, 0.25) is 11.1 Å². The summed E-state index contributed by atoms with van der Waals surface area (Å²) >= 11 is 1.15. The number of nitrogens with zero attached hydrogens (tertiary/aromatic N) is 3. The van der Waals surface area contributed by atoms with Crippen LogP contribution in [0.3, 0.4) is 0 Å². The van der Waals surface area contributed by atoms with Gasteiger partial charge >= 0.3 is 6.03 Å². The number of aromatic nitrogens is 3. The lowest BCUT2D eigenvalue weighted by Crippen LogP contribution is -2.43. The molecule has 0 aliphatic heterocycles. The van der Waals surface area contributed by atoms with Gasteiger partial charge in [0.05, 0.1) is 5.25 Å². The van der Waals surface area contributed by atoms with Crippen LogP contribution in [0.1, 0.15) is 32.2 Å². The molecule has 4 N–H and O–H groups in total. The van der Waals surface area contributed by atoms with E-state index < -0.39 is 17.2 Å². The largest absolute Gasteiger partial charge is 0.338 e. The van der Waals surface area contributed by atoms with E-state index >= 15 is 0 Å². The topological polar surface area (TPSA) is 115 Å². The minimum Gasteiger partial charge on any atom is -0.338 e. The van der Waals surface area contributed by atoms with E-state index in [1.54, 1.807) is 6.92 Å². The number of nitrogens with two attached hydrogens (primary N) is 1. The Morgan fingerprint density at radius 2 is 1.83 bits per heavy atom. The van der Waals surface area contributed by atoms with Gasteiger partial charge in [-0.1, -0.05) is 68.1 Å². The number of hydrogen-bond acceptors (Lipinski definition) is 6. The molecule has 9 heteroatoms. The van der Waals surface area contributed by atoms with Gasteiger partial charge in [0.25, 0.3) is 0 Å². The van der Waals surface area contributed by atoms with Crippen LogP contribution in [0.5, 0.6) is 0 Å². The number of benzene rings is 2. The maximum atomic E-state index is 12.3. The van der Waals surface area contributed by atoms with E-state index in [4.69, 9.17) is 5.84 Å². The number of carbonyl (C=O) groups is 2. The average Bonchev–Trinajstić information content (AvgIpc) is 3.06. The summed E-state index contributed by atoms with van der Waals surface area (Å²) in [6.45, 7) is 6.14. The van der Waals surface area contributed by atoms with Gasteiger partial charge in [0.15, 0.2) is 5.82 Å². The SMILES string of the molecule is CC(C)CNC(=O)NC(=O)C(C)Sc1nnc(Cc2cccc3ccccc23)n1N. The van der Waals surface area contributed by atoms with Crippen LogP contribution < -0.4 is 16.5 Å². The van der Waals surface area contributed by atoms with Crippen molar-refractivity contribution in [3.63, 3.8) is 0 Å². The van der Waals surface area contributed by atoms with Gasteiger partial charge < -0.3 is 11.2 Å². The smallest absolute Gasteiger partial charge is 0.321 e. The Kier molecular flexibility index (Phi) is 6.94. The normalized spacial score (nSPS) is 12.1.